The molecule has 0 spiro atoms. The highest BCUT2D eigenvalue weighted by atomic mass is 19.4. The van der Waals surface area contributed by atoms with E-state index in [1.807, 2.05) is 0 Å². The van der Waals surface area contributed by atoms with Gasteiger partial charge in [0.05, 0.1) is 5.41 Å². The van der Waals surface area contributed by atoms with Crippen LogP contribution in [0.25, 0.3) is 0 Å². The van der Waals surface area contributed by atoms with Crippen LogP contribution in [0, 0.1) is 23.2 Å². The molecule has 19 heavy (non-hydrogen) atoms. The number of hydrogen-bond donors (Lipinski definition) is 0. The van der Waals surface area contributed by atoms with Gasteiger partial charge < -0.3 is 4.90 Å². The highest BCUT2D eigenvalue weighted by Crippen LogP contribution is 2.60. The zero-order valence-corrected chi connectivity index (χ0v) is 11.2. The van der Waals surface area contributed by atoms with Crippen LogP contribution in [0.15, 0.2) is 0 Å². The summed E-state index contributed by atoms with van der Waals surface area (Å²) >= 11 is 0. The number of amides is 1. The van der Waals surface area contributed by atoms with Gasteiger partial charge in [0, 0.05) is 7.05 Å². The molecule has 0 unspecified atom stereocenters. The Labute approximate surface area is 111 Å². The molecule has 1 amide bonds. The minimum absolute atomic E-state index is 0.260. The lowest BCUT2D eigenvalue weighted by atomic mass is 9.49. The SMILES string of the molecule is CN(CC(F)(F)F)C(=O)C12CC3CC(CC(C3)C1)C2. The van der Waals surface area contributed by atoms with Gasteiger partial charge in [-0.3, -0.25) is 4.79 Å². The molecule has 0 aromatic carbocycles. The zero-order valence-electron chi connectivity index (χ0n) is 11.2. The number of rotatable bonds is 2. The Bertz CT molecular complexity index is 355. The summed E-state index contributed by atoms with van der Waals surface area (Å²) in [5, 5.41) is 0. The number of nitrogens with zero attached hydrogens (tertiary/aromatic N) is 1. The van der Waals surface area contributed by atoms with Gasteiger partial charge in [-0.05, 0) is 56.3 Å². The van der Waals surface area contributed by atoms with E-state index in [4.69, 9.17) is 0 Å². The van der Waals surface area contributed by atoms with Gasteiger partial charge in [-0.1, -0.05) is 0 Å². The first-order valence-electron chi connectivity index (χ1n) is 7.10. The molecule has 5 heteroatoms. The first kappa shape index (κ1) is 13.3. The van der Waals surface area contributed by atoms with Gasteiger partial charge in [-0.15, -0.1) is 0 Å². The fraction of sp³-hybridized carbons (Fsp3) is 0.929. The third-order valence-electron chi connectivity index (χ3n) is 5.26. The summed E-state index contributed by atoms with van der Waals surface area (Å²) in [5.41, 5.74) is -0.464. The van der Waals surface area contributed by atoms with Crippen molar-refractivity contribution in [1.29, 1.82) is 0 Å². The maximum absolute atomic E-state index is 12.5. The first-order chi connectivity index (χ1) is 8.77. The van der Waals surface area contributed by atoms with Crippen LogP contribution in [0.1, 0.15) is 38.5 Å². The second-order valence-electron chi connectivity index (χ2n) is 6.97. The Kier molecular flexibility index (Phi) is 2.88. The Morgan fingerprint density at radius 3 is 1.89 bits per heavy atom. The van der Waals surface area contributed by atoms with Crippen molar-refractivity contribution in [2.45, 2.75) is 44.7 Å². The predicted molar refractivity (Wildman–Crippen MR) is 64.3 cm³/mol. The molecule has 4 aliphatic carbocycles. The van der Waals surface area contributed by atoms with Crippen molar-refractivity contribution in [3.63, 3.8) is 0 Å². The summed E-state index contributed by atoms with van der Waals surface area (Å²) in [6.45, 7) is -1.12. The van der Waals surface area contributed by atoms with E-state index < -0.39 is 18.1 Å². The van der Waals surface area contributed by atoms with Crippen LogP contribution in [0.3, 0.4) is 0 Å². The van der Waals surface area contributed by atoms with Crippen LogP contribution in [0.4, 0.5) is 13.2 Å². The summed E-state index contributed by atoms with van der Waals surface area (Å²) < 4.78 is 37.3. The molecule has 2 nitrogen and oxygen atoms in total. The van der Waals surface area contributed by atoms with Crippen molar-refractivity contribution < 1.29 is 18.0 Å². The zero-order chi connectivity index (χ0) is 13.8. The van der Waals surface area contributed by atoms with E-state index in [1.165, 1.54) is 26.3 Å². The maximum Gasteiger partial charge on any atom is 0.406 e. The van der Waals surface area contributed by atoms with Crippen molar-refractivity contribution in [3.8, 4) is 0 Å². The van der Waals surface area contributed by atoms with E-state index in [9.17, 15) is 18.0 Å². The van der Waals surface area contributed by atoms with Gasteiger partial charge in [0.15, 0.2) is 0 Å². The first-order valence-corrected chi connectivity index (χ1v) is 7.10. The van der Waals surface area contributed by atoms with Crippen molar-refractivity contribution in [2.24, 2.45) is 23.2 Å². The van der Waals surface area contributed by atoms with E-state index in [1.54, 1.807) is 0 Å². The molecule has 108 valence electrons. The topological polar surface area (TPSA) is 20.3 Å². The Morgan fingerprint density at radius 2 is 1.53 bits per heavy atom. The number of halogens is 3. The van der Waals surface area contributed by atoms with Gasteiger partial charge in [-0.25, -0.2) is 0 Å². The third kappa shape index (κ3) is 2.36. The lowest BCUT2D eigenvalue weighted by Gasteiger charge is -2.56. The van der Waals surface area contributed by atoms with Crippen LogP contribution >= 0.6 is 0 Å². The van der Waals surface area contributed by atoms with E-state index >= 15 is 0 Å². The average Bonchev–Trinajstić information content (AvgIpc) is 2.23. The molecule has 0 aliphatic heterocycles. The molecule has 0 atom stereocenters. The van der Waals surface area contributed by atoms with Crippen LogP contribution in [0.5, 0.6) is 0 Å². The predicted octanol–water partition coefficient (Wildman–Crippen LogP) is 3.22. The molecule has 0 aromatic heterocycles. The molecule has 4 rings (SSSR count). The quantitative estimate of drug-likeness (QED) is 0.757. The van der Waals surface area contributed by atoms with Crippen molar-refractivity contribution in [1.82, 2.24) is 4.90 Å². The van der Waals surface area contributed by atoms with E-state index in [-0.39, 0.29) is 5.91 Å². The monoisotopic (exact) mass is 275 g/mol. The number of carbonyl (C=O) groups excluding carboxylic acids is 1. The van der Waals surface area contributed by atoms with Gasteiger partial charge >= 0.3 is 6.18 Å². The Morgan fingerprint density at radius 1 is 1.11 bits per heavy atom. The summed E-state index contributed by atoms with van der Waals surface area (Å²) in [4.78, 5) is 13.4. The second-order valence-corrected chi connectivity index (χ2v) is 6.97. The highest BCUT2D eigenvalue weighted by Gasteiger charge is 2.55. The molecule has 4 bridgehead atoms. The van der Waals surface area contributed by atoms with E-state index in [2.05, 4.69) is 0 Å². The molecule has 4 saturated carbocycles. The van der Waals surface area contributed by atoms with Crippen molar-refractivity contribution >= 4 is 5.91 Å². The molecule has 0 N–H and O–H groups in total. The minimum Gasteiger partial charge on any atom is -0.336 e. The lowest BCUT2D eigenvalue weighted by Crippen LogP contribution is -2.54. The molecule has 0 radical (unpaired) electrons. The average molecular weight is 275 g/mol. The van der Waals surface area contributed by atoms with E-state index in [0.717, 1.165) is 24.2 Å². The largest absolute Gasteiger partial charge is 0.406 e. The van der Waals surface area contributed by atoms with Crippen LogP contribution in [0.2, 0.25) is 0 Å². The van der Waals surface area contributed by atoms with E-state index in [0.29, 0.717) is 17.8 Å². The molecule has 4 aliphatic rings. The Balaban J connectivity index is 1.76. The van der Waals surface area contributed by atoms with Gasteiger partial charge in [0.2, 0.25) is 5.91 Å². The standard InChI is InChI=1S/C14H20F3NO/c1-18(8-14(15,16)17)12(19)13-5-9-2-10(6-13)4-11(3-9)7-13/h9-11H,2-8H2,1H3. The van der Waals surface area contributed by atoms with Crippen LogP contribution in [-0.4, -0.2) is 30.6 Å². The normalized spacial score (nSPS) is 40.5. The fourth-order valence-electron chi connectivity index (χ4n) is 5.12. The summed E-state index contributed by atoms with van der Waals surface area (Å²) in [6, 6.07) is 0. The lowest BCUT2D eigenvalue weighted by molar-refractivity contribution is -0.174. The van der Waals surface area contributed by atoms with Gasteiger partial charge in [-0.2, -0.15) is 13.2 Å². The Hall–Kier alpha value is -0.740. The van der Waals surface area contributed by atoms with Gasteiger partial charge in [0.25, 0.3) is 0 Å². The van der Waals surface area contributed by atoms with Crippen LogP contribution < -0.4 is 0 Å². The number of carbonyl (C=O) groups is 1. The second kappa shape index (κ2) is 4.13. The van der Waals surface area contributed by atoms with Crippen LogP contribution in [-0.2, 0) is 4.79 Å². The summed E-state index contributed by atoms with van der Waals surface area (Å²) in [5.74, 6) is 1.47. The number of alkyl halides is 3. The molecule has 0 aromatic rings. The van der Waals surface area contributed by atoms with Gasteiger partial charge in [0.1, 0.15) is 6.54 Å². The fourth-order valence-corrected chi connectivity index (χ4v) is 5.12. The van der Waals surface area contributed by atoms with Crippen molar-refractivity contribution in [3.05, 3.63) is 0 Å². The maximum atomic E-state index is 12.5. The molecule has 0 heterocycles. The third-order valence-corrected chi connectivity index (χ3v) is 5.26. The highest BCUT2D eigenvalue weighted by molar-refractivity contribution is 5.83. The minimum atomic E-state index is -4.30. The van der Waals surface area contributed by atoms with Crippen molar-refractivity contribution in [2.75, 3.05) is 13.6 Å². The smallest absolute Gasteiger partial charge is 0.336 e. The molecular formula is C14H20F3NO. The summed E-state index contributed by atoms with van der Waals surface area (Å²) in [6.07, 6.45) is 1.73. The summed E-state index contributed by atoms with van der Waals surface area (Å²) in [7, 11) is 1.30. The molecular weight excluding hydrogens is 255 g/mol. The molecule has 4 fully saturated rings. The molecule has 0 saturated heterocycles. The number of hydrogen-bond acceptors (Lipinski definition) is 1.